The lowest BCUT2D eigenvalue weighted by Crippen LogP contribution is -2.32. The minimum Gasteiger partial charge on any atom is -0.370 e. The van der Waals surface area contributed by atoms with Crippen molar-refractivity contribution in [2.75, 3.05) is 23.5 Å². The van der Waals surface area contributed by atoms with Crippen LogP contribution < -0.4 is 10.6 Å². The zero-order valence-corrected chi connectivity index (χ0v) is 13.5. The van der Waals surface area contributed by atoms with Crippen molar-refractivity contribution in [2.24, 2.45) is 5.73 Å². The largest absolute Gasteiger partial charge is 0.370 e. The number of anilines is 1. The first-order valence-electron chi connectivity index (χ1n) is 6.28. The average Bonchev–Trinajstić information content (AvgIpc) is 2.68. The van der Waals surface area contributed by atoms with Crippen molar-refractivity contribution in [2.45, 2.75) is 25.4 Å². The summed E-state index contributed by atoms with van der Waals surface area (Å²) >= 11 is 3.54. The van der Waals surface area contributed by atoms with Gasteiger partial charge in [0.1, 0.15) is 0 Å². The van der Waals surface area contributed by atoms with E-state index in [0.29, 0.717) is 6.42 Å². The summed E-state index contributed by atoms with van der Waals surface area (Å²) in [5.41, 5.74) is 7.92. The van der Waals surface area contributed by atoms with Gasteiger partial charge in [-0.05, 0) is 47.0 Å². The number of hydrogen-bond donors (Lipinski definition) is 1. The Morgan fingerprint density at radius 3 is 2.63 bits per heavy atom. The Hall–Kier alpha value is -0.590. The molecule has 0 radical (unpaired) electrons. The molecular weight excluding hydrogens is 328 g/mol. The van der Waals surface area contributed by atoms with Crippen LogP contribution in [0.3, 0.4) is 0 Å². The minimum atomic E-state index is -2.86. The summed E-state index contributed by atoms with van der Waals surface area (Å²) in [7, 11) is -0.918. The monoisotopic (exact) mass is 346 g/mol. The predicted octanol–water partition coefficient (Wildman–Crippen LogP) is 2.09. The summed E-state index contributed by atoms with van der Waals surface area (Å²) in [6.45, 7) is 1.94. The standard InChI is InChI=1S/C13H19BrN2O2S/c1-9(15)10-3-4-13(12(14)7-10)16(2)11-5-6-19(17,18)8-11/h3-4,7,9,11H,5-6,8,15H2,1-2H3/t9-,11?/m0/s1. The molecule has 1 aliphatic heterocycles. The normalized spacial score (nSPS) is 23.3. The first kappa shape index (κ1) is 14.8. The van der Waals surface area contributed by atoms with Crippen molar-refractivity contribution in [1.29, 1.82) is 0 Å². The van der Waals surface area contributed by atoms with Crippen molar-refractivity contribution in [3.05, 3.63) is 28.2 Å². The summed E-state index contributed by atoms with van der Waals surface area (Å²) in [4.78, 5) is 2.04. The predicted molar refractivity (Wildman–Crippen MR) is 82.2 cm³/mol. The van der Waals surface area contributed by atoms with Crippen molar-refractivity contribution in [3.8, 4) is 0 Å². The molecule has 0 spiro atoms. The third-order valence-electron chi connectivity index (χ3n) is 3.63. The fraction of sp³-hybridized carbons (Fsp3) is 0.538. The van der Waals surface area contributed by atoms with Gasteiger partial charge < -0.3 is 10.6 Å². The van der Waals surface area contributed by atoms with Crippen LogP contribution in [0.2, 0.25) is 0 Å². The maximum atomic E-state index is 11.6. The van der Waals surface area contributed by atoms with E-state index in [1.54, 1.807) is 0 Å². The minimum absolute atomic E-state index is 0.0116. The van der Waals surface area contributed by atoms with E-state index in [-0.39, 0.29) is 23.6 Å². The van der Waals surface area contributed by atoms with Crippen molar-refractivity contribution in [3.63, 3.8) is 0 Å². The van der Waals surface area contributed by atoms with Gasteiger partial charge in [0.25, 0.3) is 0 Å². The van der Waals surface area contributed by atoms with E-state index in [0.717, 1.165) is 15.7 Å². The number of nitrogens with zero attached hydrogens (tertiary/aromatic N) is 1. The summed E-state index contributed by atoms with van der Waals surface area (Å²) < 4.78 is 24.1. The van der Waals surface area contributed by atoms with Gasteiger partial charge in [-0.3, -0.25) is 0 Å². The van der Waals surface area contributed by atoms with Crippen LogP contribution in [-0.2, 0) is 9.84 Å². The van der Waals surface area contributed by atoms with Crippen LogP contribution in [0, 0.1) is 0 Å². The lowest BCUT2D eigenvalue weighted by Gasteiger charge is -2.27. The van der Waals surface area contributed by atoms with Crippen LogP contribution >= 0.6 is 15.9 Å². The second-order valence-corrected chi connectivity index (χ2v) is 8.25. The Bertz CT molecular complexity index is 572. The molecule has 0 bridgehead atoms. The molecule has 0 aromatic heterocycles. The van der Waals surface area contributed by atoms with Gasteiger partial charge >= 0.3 is 0 Å². The van der Waals surface area contributed by atoms with Crippen LogP contribution in [0.4, 0.5) is 5.69 Å². The Labute approximate surface area is 123 Å². The highest BCUT2D eigenvalue weighted by atomic mass is 79.9. The Balaban J connectivity index is 2.23. The third kappa shape index (κ3) is 3.30. The van der Waals surface area contributed by atoms with Crippen molar-refractivity contribution >= 4 is 31.5 Å². The molecule has 2 rings (SSSR count). The number of benzene rings is 1. The maximum absolute atomic E-state index is 11.6. The topological polar surface area (TPSA) is 63.4 Å². The fourth-order valence-electron chi connectivity index (χ4n) is 2.37. The zero-order valence-electron chi connectivity index (χ0n) is 11.1. The number of hydrogen-bond acceptors (Lipinski definition) is 4. The van der Waals surface area contributed by atoms with Gasteiger partial charge in [-0.2, -0.15) is 0 Å². The summed E-state index contributed by atoms with van der Waals surface area (Å²) in [5, 5.41) is 0. The SMILES string of the molecule is C[C@H](N)c1ccc(N(C)C2CCS(=O)(=O)C2)c(Br)c1. The van der Waals surface area contributed by atoms with Gasteiger partial charge in [0.05, 0.1) is 17.2 Å². The van der Waals surface area contributed by atoms with Crippen molar-refractivity contribution < 1.29 is 8.42 Å². The Morgan fingerprint density at radius 1 is 1.47 bits per heavy atom. The highest BCUT2D eigenvalue weighted by Crippen LogP contribution is 2.31. The summed E-state index contributed by atoms with van der Waals surface area (Å²) in [6, 6.07) is 6.03. The van der Waals surface area contributed by atoms with Crippen molar-refractivity contribution in [1.82, 2.24) is 0 Å². The molecule has 0 saturated carbocycles. The van der Waals surface area contributed by atoms with Crippen LogP contribution in [0.15, 0.2) is 22.7 Å². The van der Waals surface area contributed by atoms with E-state index >= 15 is 0 Å². The highest BCUT2D eigenvalue weighted by molar-refractivity contribution is 9.10. The number of rotatable bonds is 3. The molecule has 19 heavy (non-hydrogen) atoms. The van der Waals surface area contributed by atoms with Crippen LogP contribution in [-0.4, -0.2) is 33.0 Å². The lowest BCUT2D eigenvalue weighted by atomic mass is 10.1. The molecule has 1 unspecified atom stereocenters. The van der Waals surface area contributed by atoms with E-state index in [9.17, 15) is 8.42 Å². The first-order chi connectivity index (χ1) is 8.80. The molecule has 4 nitrogen and oxygen atoms in total. The van der Waals surface area contributed by atoms with Gasteiger partial charge in [0.15, 0.2) is 9.84 Å². The lowest BCUT2D eigenvalue weighted by molar-refractivity contribution is 0.601. The number of halogens is 1. The number of sulfone groups is 1. The Kier molecular flexibility index (Phi) is 4.23. The molecule has 2 atom stereocenters. The molecule has 1 aromatic rings. The van der Waals surface area contributed by atoms with Gasteiger partial charge in [-0.1, -0.05) is 6.07 Å². The first-order valence-corrected chi connectivity index (χ1v) is 8.90. The van der Waals surface area contributed by atoms with Gasteiger partial charge in [-0.15, -0.1) is 0 Å². The molecule has 0 aliphatic carbocycles. The second kappa shape index (κ2) is 5.42. The quantitative estimate of drug-likeness (QED) is 0.910. The number of nitrogens with two attached hydrogens (primary N) is 1. The van der Waals surface area contributed by atoms with Gasteiger partial charge in [0.2, 0.25) is 0 Å². The highest BCUT2D eigenvalue weighted by Gasteiger charge is 2.31. The van der Waals surface area contributed by atoms with Crippen LogP contribution in [0.5, 0.6) is 0 Å². The molecule has 6 heteroatoms. The van der Waals surface area contributed by atoms with Crippen LogP contribution in [0.1, 0.15) is 24.9 Å². The third-order valence-corrected chi connectivity index (χ3v) is 6.02. The Morgan fingerprint density at radius 2 is 2.16 bits per heavy atom. The summed E-state index contributed by atoms with van der Waals surface area (Å²) in [6.07, 6.45) is 0.695. The maximum Gasteiger partial charge on any atom is 0.152 e. The van der Waals surface area contributed by atoms with Gasteiger partial charge in [-0.25, -0.2) is 8.42 Å². The molecular formula is C13H19BrN2O2S. The van der Waals surface area contributed by atoms with E-state index in [4.69, 9.17) is 5.73 Å². The van der Waals surface area contributed by atoms with Crippen LogP contribution in [0.25, 0.3) is 0 Å². The molecule has 2 N–H and O–H groups in total. The average molecular weight is 347 g/mol. The molecule has 1 aliphatic rings. The molecule has 1 aromatic carbocycles. The van der Waals surface area contributed by atoms with E-state index < -0.39 is 9.84 Å². The molecule has 1 heterocycles. The molecule has 0 amide bonds. The van der Waals surface area contributed by atoms with E-state index in [2.05, 4.69) is 15.9 Å². The molecule has 1 fully saturated rings. The van der Waals surface area contributed by atoms with Gasteiger partial charge in [0, 0.05) is 23.6 Å². The summed E-state index contributed by atoms with van der Waals surface area (Å²) in [5.74, 6) is 0.530. The second-order valence-electron chi connectivity index (χ2n) is 5.17. The zero-order chi connectivity index (χ0) is 14.2. The fourth-order valence-corrected chi connectivity index (χ4v) is 4.82. The molecule has 106 valence electrons. The van der Waals surface area contributed by atoms with E-state index in [1.807, 2.05) is 37.1 Å². The van der Waals surface area contributed by atoms with E-state index in [1.165, 1.54) is 0 Å². The molecule has 1 saturated heterocycles. The smallest absolute Gasteiger partial charge is 0.152 e.